The molecule has 2 aromatic carbocycles. The van der Waals surface area contributed by atoms with Crippen LogP contribution in [0.5, 0.6) is 5.75 Å². The molecule has 7 heteroatoms. The Bertz CT molecular complexity index is 948. The van der Waals surface area contributed by atoms with Crippen molar-refractivity contribution in [3.05, 3.63) is 66.7 Å². The van der Waals surface area contributed by atoms with E-state index in [1.807, 2.05) is 54.6 Å². The van der Waals surface area contributed by atoms with Gasteiger partial charge in [0.15, 0.2) is 5.76 Å². The summed E-state index contributed by atoms with van der Waals surface area (Å²) in [6.45, 7) is 4.50. The number of amides is 1. The van der Waals surface area contributed by atoms with Crippen molar-refractivity contribution < 1.29 is 13.9 Å². The molecule has 0 radical (unpaired) electrons. The number of carbonyl (C=O) groups is 1. The second-order valence-electron chi connectivity index (χ2n) is 7.31. The number of benzene rings is 2. The van der Waals surface area contributed by atoms with Crippen molar-refractivity contribution in [1.82, 2.24) is 14.8 Å². The van der Waals surface area contributed by atoms with E-state index in [0.717, 1.165) is 48.9 Å². The van der Waals surface area contributed by atoms with E-state index < -0.39 is 0 Å². The molecule has 1 fully saturated rings. The Labute approximate surface area is 176 Å². The molecule has 0 spiro atoms. The van der Waals surface area contributed by atoms with Crippen LogP contribution in [-0.2, 0) is 11.3 Å². The van der Waals surface area contributed by atoms with Gasteiger partial charge in [0.2, 0.25) is 11.8 Å². The molecule has 1 aromatic heterocycles. The largest absolute Gasteiger partial charge is 0.497 e. The molecule has 1 saturated heterocycles. The first-order valence-electron chi connectivity index (χ1n) is 10.1. The van der Waals surface area contributed by atoms with Gasteiger partial charge in [-0.3, -0.25) is 14.6 Å². The van der Waals surface area contributed by atoms with Gasteiger partial charge in [-0.1, -0.05) is 18.2 Å². The molecule has 3 aromatic rings. The molecule has 4 rings (SSSR count). The first-order valence-corrected chi connectivity index (χ1v) is 10.1. The van der Waals surface area contributed by atoms with Gasteiger partial charge in [0, 0.05) is 37.4 Å². The molecule has 1 aliphatic rings. The van der Waals surface area contributed by atoms with Crippen LogP contribution in [0.2, 0.25) is 0 Å². The molecule has 7 nitrogen and oxygen atoms in total. The number of ether oxygens (including phenoxy) is 1. The summed E-state index contributed by atoms with van der Waals surface area (Å²) >= 11 is 0. The van der Waals surface area contributed by atoms with Crippen molar-refractivity contribution in [2.24, 2.45) is 0 Å². The third-order valence-corrected chi connectivity index (χ3v) is 5.18. The molecule has 156 valence electrons. The van der Waals surface area contributed by atoms with E-state index in [2.05, 4.69) is 20.1 Å². The van der Waals surface area contributed by atoms with Crippen LogP contribution < -0.4 is 10.1 Å². The number of piperazine rings is 1. The highest BCUT2D eigenvalue weighted by Crippen LogP contribution is 2.23. The number of nitrogens with zero attached hydrogens (tertiary/aromatic N) is 3. The van der Waals surface area contributed by atoms with Gasteiger partial charge < -0.3 is 14.5 Å². The lowest BCUT2D eigenvalue weighted by molar-refractivity contribution is -0.117. The molecule has 0 aliphatic carbocycles. The van der Waals surface area contributed by atoms with Crippen molar-refractivity contribution in [3.8, 4) is 17.1 Å². The molecule has 0 atom stereocenters. The molecule has 0 bridgehead atoms. The van der Waals surface area contributed by atoms with Gasteiger partial charge in [-0.25, -0.2) is 4.98 Å². The number of oxazole rings is 1. The monoisotopic (exact) mass is 406 g/mol. The molecule has 1 aliphatic heterocycles. The van der Waals surface area contributed by atoms with Crippen molar-refractivity contribution in [1.29, 1.82) is 0 Å². The Morgan fingerprint density at radius 2 is 1.73 bits per heavy atom. The zero-order valence-electron chi connectivity index (χ0n) is 17.1. The zero-order valence-corrected chi connectivity index (χ0v) is 17.1. The van der Waals surface area contributed by atoms with Crippen LogP contribution >= 0.6 is 0 Å². The van der Waals surface area contributed by atoms with Gasteiger partial charge in [-0.2, -0.15) is 0 Å². The standard InChI is InChI=1S/C23H26N4O3/c1-29-20-9-7-18(8-10-20)21-15-24-23(30-21)17-27-13-11-26(12-14-27)16-22(28)25-19-5-3-2-4-6-19/h2-10,15H,11-14,16-17H2,1H3,(H,25,28). The molecule has 30 heavy (non-hydrogen) atoms. The van der Waals surface area contributed by atoms with Gasteiger partial charge in [0.1, 0.15) is 5.75 Å². The normalized spacial score (nSPS) is 15.1. The highest BCUT2D eigenvalue weighted by molar-refractivity contribution is 5.92. The van der Waals surface area contributed by atoms with Gasteiger partial charge in [0.05, 0.1) is 26.4 Å². The molecule has 1 N–H and O–H groups in total. The van der Waals surface area contributed by atoms with E-state index >= 15 is 0 Å². The summed E-state index contributed by atoms with van der Waals surface area (Å²) in [7, 11) is 1.65. The fraction of sp³-hybridized carbons (Fsp3) is 0.304. The smallest absolute Gasteiger partial charge is 0.238 e. The first kappa shape index (κ1) is 20.1. The van der Waals surface area contributed by atoms with Crippen LogP contribution in [0.4, 0.5) is 5.69 Å². The second-order valence-corrected chi connectivity index (χ2v) is 7.31. The van der Waals surface area contributed by atoms with Crippen molar-refractivity contribution in [2.75, 3.05) is 45.2 Å². The Morgan fingerprint density at radius 3 is 2.43 bits per heavy atom. The van der Waals surface area contributed by atoms with Gasteiger partial charge >= 0.3 is 0 Å². The molecule has 2 heterocycles. The predicted octanol–water partition coefficient (Wildman–Crippen LogP) is 3.11. The summed E-state index contributed by atoms with van der Waals surface area (Å²) in [6.07, 6.45) is 1.77. The third kappa shape index (κ3) is 5.25. The minimum atomic E-state index is 0.0199. The summed E-state index contributed by atoms with van der Waals surface area (Å²) in [5, 5.41) is 2.94. The SMILES string of the molecule is COc1ccc(-c2cnc(CN3CCN(CC(=O)Nc4ccccc4)CC3)o2)cc1. The number of hydrogen-bond donors (Lipinski definition) is 1. The van der Waals surface area contributed by atoms with E-state index in [9.17, 15) is 4.79 Å². The number of anilines is 1. The summed E-state index contributed by atoms with van der Waals surface area (Å²) in [5.41, 5.74) is 1.81. The van der Waals surface area contributed by atoms with E-state index in [0.29, 0.717) is 19.0 Å². The number of rotatable bonds is 7. The summed E-state index contributed by atoms with van der Waals surface area (Å²) < 4.78 is 11.1. The van der Waals surface area contributed by atoms with Crippen molar-refractivity contribution in [3.63, 3.8) is 0 Å². The van der Waals surface area contributed by atoms with Crippen LogP contribution in [0.15, 0.2) is 65.2 Å². The Hall–Kier alpha value is -3.16. The quantitative estimate of drug-likeness (QED) is 0.650. The molecule has 0 unspecified atom stereocenters. The summed E-state index contributed by atoms with van der Waals surface area (Å²) in [6, 6.07) is 17.3. The molecular formula is C23H26N4O3. The summed E-state index contributed by atoms with van der Waals surface area (Å²) in [5.74, 6) is 2.29. The van der Waals surface area contributed by atoms with Gasteiger partial charge in [0.25, 0.3) is 0 Å². The molecule has 0 saturated carbocycles. The fourth-order valence-corrected chi connectivity index (χ4v) is 3.49. The lowest BCUT2D eigenvalue weighted by atomic mass is 10.2. The molecular weight excluding hydrogens is 380 g/mol. The van der Waals surface area contributed by atoms with Gasteiger partial charge in [-0.15, -0.1) is 0 Å². The topological polar surface area (TPSA) is 70.8 Å². The highest BCUT2D eigenvalue weighted by atomic mass is 16.5. The Kier molecular flexibility index (Phi) is 6.41. The highest BCUT2D eigenvalue weighted by Gasteiger charge is 2.20. The van der Waals surface area contributed by atoms with E-state index in [1.165, 1.54) is 0 Å². The summed E-state index contributed by atoms with van der Waals surface area (Å²) in [4.78, 5) is 21.1. The van der Waals surface area contributed by atoms with E-state index in [4.69, 9.17) is 9.15 Å². The number of aromatic nitrogens is 1. The number of hydrogen-bond acceptors (Lipinski definition) is 6. The lowest BCUT2D eigenvalue weighted by Gasteiger charge is -2.33. The fourth-order valence-electron chi connectivity index (χ4n) is 3.49. The first-order chi connectivity index (χ1) is 14.7. The minimum Gasteiger partial charge on any atom is -0.497 e. The predicted molar refractivity (Wildman–Crippen MR) is 115 cm³/mol. The molecule has 1 amide bonds. The van der Waals surface area contributed by atoms with Crippen LogP contribution in [0.3, 0.4) is 0 Å². The number of nitrogens with one attached hydrogen (secondary N) is 1. The second kappa shape index (κ2) is 9.56. The Morgan fingerprint density at radius 1 is 1.03 bits per heavy atom. The minimum absolute atomic E-state index is 0.0199. The lowest BCUT2D eigenvalue weighted by Crippen LogP contribution is -2.48. The van der Waals surface area contributed by atoms with E-state index in [1.54, 1.807) is 13.3 Å². The maximum atomic E-state index is 12.2. The maximum absolute atomic E-state index is 12.2. The van der Waals surface area contributed by atoms with Crippen LogP contribution in [-0.4, -0.2) is 60.5 Å². The third-order valence-electron chi connectivity index (χ3n) is 5.18. The van der Waals surface area contributed by atoms with Crippen LogP contribution in [0, 0.1) is 0 Å². The Balaban J connectivity index is 1.24. The average molecular weight is 406 g/mol. The van der Waals surface area contributed by atoms with Crippen LogP contribution in [0.25, 0.3) is 11.3 Å². The van der Waals surface area contributed by atoms with E-state index in [-0.39, 0.29) is 5.91 Å². The maximum Gasteiger partial charge on any atom is 0.238 e. The number of para-hydroxylation sites is 1. The number of methoxy groups -OCH3 is 1. The van der Waals surface area contributed by atoms with Crippen molar-refractivity contribution in [2.45, 2.75) is 6.54 Å². The zero-order chi connectivity index (χ0) is 20.8. The van der Waals surface area contributed by atoms with Crippen LogP contribution in [0.1, 0.15) is 5.89 Å². The number of carbonyl (C=O) groups excluding carboxylic acids is 1. The average Bonchev–Trinajstić information content (AvgIpc) is 3.24. The van der Waals surface area contributed by atoms with Crippen molar-refractivity contribution >= 4 is 11.6 Å². The van der Waals surface area contributed by atoms with Gasteiger partial charge in [-0.05, 0) is 36.4 Å².